The molecule has 0 spiro atoms. The van der Waals surface area contributed by atoms with Crippen LogP contribution in [0.4, 0.5) is 11.4 Å². The van der Waals surface area contributed by atoms with Crippen molar-refractivity contribution in [3.63, 3.8) is 0 Å². The van der Waals surface area contributed by atoms with Crippen molar-refractivity contribution < 1.29 is 14.5 Å². The van der Waals surface area contributed by atoms with Gasteiger partial charge in [0.05, 0.1) is 17.7 Å². The molecule has 0 unspecified atom stereocenters. The molecule has 17 heavy (non-hydrogen) atoms. The lowest BCUT2D eigenvalue weighted by Gasteiger charge is -2.01. The van der Waals surface area contributed by atoms with E-state index in [4.69, 9.17) is 5.73 Å². The summed E-state index contributed by atoms with van der Waals surface area (Å²) in [6.45, 7) is 1.57. The molecule has 0 fully saturated rings. The topological polar surface area (TPSA) is 95.5 Å². The van der Waals surface area contributed by atoms with Crippen molar-refractivity contribution in [1.82, 2.24) is 0 Å². The number of hydrogen-bond acceptors (Lipinski definition) is 5. The normalized spacial score (nSPS) is 9.06. The molecule has 0 bridgehead atoms. The van der Waals surface area contributed by atoms with Gasteiger partial charge in [-0.05, 0) is 13.0 Å². The Morgan fingerprint density at radius 3 is 2.71 bits per heavy atom. The van der Waals surface area contributed by atoms with E-state index in [1.165, 1.54) is 19.2 Å². The second kappa shape index (κ2) is 4.99. The van der Waals surface area contributed by atoms with Gasteiger partial charge in [0.15, 0.2) is 0 Å². The third-order valence-corrected chi connectivity index (χ3v) is 2.05. The van der Waals surface area contributed by atoms with Crippen LogP contribution < -0.4 is 5.73 Å². The zero-order valence-electron chi connectivity index (χ0n) is 9.31. The smallest absolute Gasteiger partial charge is 0.384 e. The van der Waals surface area contributed by atoms with Crippen LogP contribution in [0.3, 0.4) is 0 Å². The number of nitrogens with zero attached hydrogens (tertiary/aromatic N) is 1. The van der Waals surface area contributed by atoms with Crippen molar-refractivity contribution in [2.45, 2.75) is 6.92 Å². The molecule has 6 nitrogen and oxygen atoms in total. The van der Waals surface area contributed by atoms with Gasteiger partial charge in [0, 0.05) is 23.1 Å². The quantitative estimate of drug-likeness (QED) is 0.257. The van der Waals surface area contributed by atoms with Gasteiger partial charge in [0.25, 0.3) is 5.69 Å². The van der Waals surface area contributed by atoms with Crippen molar-refractivity contribution in [2.24, 2.45) is 0 Å². The number of nitro groups is 1. The van der Waals surface area contributed by atoms with Crippen molar-refractivity contribution in [2.75, 3.05) is 12.8 Å². The fourth-order valence-corrected chi connectivity index (χ4v) is 1.19. The minimum Gasteiger partial charge on any atom is -0.459 e. The van der Waals surface area contributed by atoms with E-state index in [1.54, 1.807) is 6.92 Å². The van der Waals surface area contributed by atoms with E-state index in [9.17, 15) is 14.9 Å². The minimum atomic E-state index is -0.694. The lowest BCUT2D eigenvalue weighted by Crippen LogP contribution is -1.98. The molecule has 0 amide bonds. The second-order valence-electron chi connectivity index (χ2n) is 3.22. The van der Waals surface area contributed by atoms with Crippen LogP contribution in [-0.2, 0) is 9.53 Å². The number of aryl methyl sites for hydroxylation is 1. The number of nitrogen functional groups attached to an aromatic ring is 1. The highest BCUT2D eigenvalue weighted by Gasteiger charge is 2.12. The first-order valence-corrected chi connectivity index (χ1v) is 4.60. The monoisotopic (exact) mass is 234 g/mol. The summed E-state index contributed by atoms with van der Waals surface area (Å²) < 4.78 is 4.34. The number of methoxy groups -OCH3 is 1. The Kier molecular flexibility index (Phi) is 3.67. The SMILES string of the molecule is COC(=O)C#Cc1cc(C)c([N+](=O)[O-])cc1N. The van der Waals surface area contributed by atoms with E-state index < -0.39 is 10.9 Å². The Morgan fingerprint density at radius 1 is 1.53 bits per heavy atom. The Balaban J connectivity index is 3.19. The van der Waals surface area contributed by atoms with Crippen LogP contribution in [-0.4, -0.2) is 18.0 Å². The van der Waals surface area contributed by atoms with Gasteiger partial charge in [-0.15, -0.1) is 0 Å². The molecule has 0 saturated heterocycles. The van der Waals surface area contributed by atoms with E-state index in [-0.39, 0.29) is 11.4 Å². The molecule has 1 rings (SSSR count). The summed E-state index contributed by atoms with van der Waals surface area (Å²) >= 11 is 0. The summed E-state index contributed by atoms with van der Waals surface area (Å²) in [6.07, 6.45) is 0. The molecule has 88 valence electrons. The highest BCUT2D eigenvalue weighted by atomic mass is 16.6. The summed E-state index contributed by atoms with van der Waals surface area (Å²) in [7, 11) is 1.21. The maximum atomic E-state index is 10.8. The number of nitro benzene ring substituents is 1. The zero-order valence-corrected chi connectivity index (χ0v) is 9.31. The molecule has 1 aromatic carbocycles. The van der Waals surface area contributed by atoms with Gasteiger partial charge in [-0.2, -0.15) is 0 Å². The van der Waals surface area contributed by atoms with Gasteiger partial charge in [0.1, 0.15) is 0 Å². The second-order valence-corrected chi connectivity index (χ2v) is 3.22. The average molecular weight is 234 g/mol. The fraction of sp³-hybridized carbons (Fsp3) is 0.182. The molecular weight excluding hydrogens is 224 g/mol. The molecule has 2 N–H and O–H groups in total. The third kappa shape index (κ3) is 2.95. The molecule has 0 aromatic heterocycles. The van der Waals surface area contributed by atoms with Crippen molar-refractivity contribution >= 4 is 17.3 Å². The number of hydrogen-bond donors (Lipinski definition) is 1. The molecule has 0 aliphatic heterocycles. The summed E-state index contributed by atoms with van der Waals surface area (Å²) in [5.41, 5.74) is 6.46. The summed E-state index contributed by atoms with van der Waals surface area (Å²) in [5, 5.41) is 10.6. The minimum absolute atomic E-state index is 0.0777. The predicted molar refractivity (Wildman–Crippen MR) is 61.1 cm³/mol. The number of anilines is 1. The Morgan fingerprint density at radius 2 is 2.18 bits per heavy atom. The van der Waals surface area contributed by atoms with E-state index >= 15 is 0 Å². The maximum absolute atomic E-state index is 10.8. The first-order valence-electron chi connectivity index (χ1n) is 4.60. The Hall–Kier alpha value is -2.55. The molecule has 0 heterocycles. The molecule has 0 radical (unpaired) electrons. The number of rotatable bonds is 1. The summed E-state index contributed by atoms with van der Waals surface area (Å²) in [6, 6.07) is 2.68. The fourth-order valence-electron chi connectivity index (χ4n) is 1.19. The maximum Gasteiger partial charge on any atom is 0.384 e. The standard InChI is InChI=1S/C11H10N2O4/c1-7-5-8(3-4-11(14)17-2)9(12)6-10(7)13(15)16/h5-6H,12H2,1-2H3. The Labute approximate surface area is 97.5 Å². The van der Waals surface area contributed by atoms with Crippen molar-refractivity contribution in [3.8, 4) is 11.8 Å². The van der Waals surface area contributed by atoms with E-state index in [0.29, 0.717) is 11.1 Å². The van der Waals surface area contributed by atoms with Gasteiger partial charge in [-0.1, -0.05) is 5.92 Å². The average Bonchev–Trinajstić information content (AvgIpc) is 2.28. The van der Waals surface area contributed by atoms with Crippen LogP contribution in [0.2, 0.25) is 0 Å². The van der Waals surface area contributed by atoms with Crippen LogP contribution in [0.25, 0.3) is 0 Å². The largest absolute Gasteiger partial charge is 0.459 e. The lowest BCUT2D eigenvalue weighted by atomic mass is 10.1. The molecule has 1 aromatic rings. The molecule has 6 heteroatoms. The van der Waals surface area contributed by atoms with E-state index in [0.717, 1.165) is 0 Å². The Bertz CT molecular complexity index is 540. The van der Waals surface area contributed by atoms with Gasteiger partial charge in [0.2, 0.25) is 0 Å². The van der Waals surface area contributed by atoms with Gasteiger partial charge >= 0.3 is 5.97 Å². The molecule has 0 aliphatic rings. The van der Waals surface area contributed by atoms with Crippen LogP contribution >= 0.6 is 0 Å². The highest BCUT2D eigenvalue weighted by molar-refractivity contribution is 5.89. The highest BCUT2D eigenvalue weighted by Crippen LogP contribution is 2.23. The van der Waals surface area contributed by atoms with Crippen molar-refractivity contribution in [1.29, 1.82) is 0 Å². The van der Waals surface area contributed by atoms with Crippen LogP contribution in [0.15, 0.2) is 12.1 Å². The van der Waals surface area contributed by atoms with Gasteiger partial charge < -0.3 is 10.5 Å². The number of esters is 1. The van der Waals surface area contributed by atoms with Gasteiger partial charge in [-0.25, -0.2) is 4.79 Å². The lowest BCUT2D eigenvalue weighted by molar-refractivity contribution is -0.385. The number of nitrogens with two attached hydrogens (primary N) is 1. The number of carbonyl (C=O) groups excluding carboxylic acids is 1. The number of ether oxygens (including phenoxy) is 1. The van der Waals surface area contributed by atoms with Crippen molar-refractivity contribution in [3.05, 3.63) is 33.4 Å². The molecular formula is C11H10N2O4. The van der Waals surface area contributed by atoms with Crippen LogP contribution in [0.1, 0.15) is 11.1 Å². The third-order valence-electron chi connectivity index (χ3n) is 2.05. The number of carbonyl (C=O) groups is 1. The summed E-state index contributed by atoms with van der Waals surface area (Å²) in [5.74, 6) is 4.01. The van der Waals surface area contributed by atoms with Crippen LogP contribution in [0.5, 0.6) is 0 Å². The zero-order chi connectivity index (χ0) is 13.0. The molecule has 0 saturated carbocycles. The van der Waals surface area contributed by atoms with E-state index in [1.807, 2.05) is 0 Å². The number of benzene rings is 1. The molecule has 0 aliphatic carbocycles. The first-order chi connectivity index (χ1) is 7.95. The van der Waals surface area contributed by atoms with E-state index in [2.05, 4.69) is 16.6 Å². The van der Waals surface area contributed by atoms with Gasteiger partial charge in [-0.3, -0.25) is 10.1 Å². The summed E-state index contributed by atoms with van der Waals surface area (Å²) in [4.78, 5) is 20.9. The predicted octanol–water partition coefficient (Wildman–Crippen LogP) is 1.01. The molecule has 0 atom stereocenters. The first kappa shape index (κ1) is 12.5. The van der Waals surface area contributed by atoms with Crippen LogP contribution in [0, 0.1) is 28.9 Å².